The third kappa shape index (κ3) is 2.98. The molecule has 14 heavy (non-hydrogen) atoms. The Kier molecular flexibility index (Phi) is 4.39. The molecular formula is C11H22N2O. The number of piperidine rings is 1. The fourth-order valence-electron chi connectivity index (χ4n) is 2.04. The highest BCUT2D eigenvalue weighted by Gasteiger charge is 2.24. The average molecular weight is 198 g/mol. The number of nitrogens with two attached hydrogens (primary N) is 1. The Hall–Kier alpha value is -0.570. The Morgan fingerprint density at radius 2 is 2.36 bits per heavy atom. The molecule has 1 fully saturated rings. The van der Waals surface area contributed by atoms with Crippen LogP contribution in [-0.2, 0) is 4.79 Å². The molecule has 1 aliphatic rings. The van der Waals surface area contributed by atoms with Crippen LogP contribution in [0.1, 0.15) is 39.5 Å². The number of hydrogen-bond donors (Lipinski definition) is 1. The van der Waals surface area contributed by atoms with E-state index in [4.69, 9.17) is 5.73 Å². The van der Waals surface area contributed by atoms with Gasteiger partial charge in [-0.2, -0.15) is 0 Å². The Morgan fingerprint density at radius 1 is 1.64 bits per heavy atom. The molecule has 0 aromatic rings. The van der Waals surface area contributed by atoms with Crippen LogP contribution in [0.5, 0.6) is 0 Å². The van der Waals surface area contributed by atoms with Crippen LogP contribution in [0.15, 0.2) is 0 Å². The molecule has 1 amide bonds. The first kappa shape index (κ1) is 11.5. The lowest BCUT2D eigenvalue weighted by atomic mass is 9.92. The minimum absolute atomic E-state index is 0.215. The van der Waals surface area contributed by atoms with Gasteiger partial charge < -0.3 is 10.6 Å². The van der Waals surface area contributed by atoms with Crippen molar-refractivity contribution in [2.75, 3.05) is 13.1 Å². The van der Waals surface area contributed by atoms with Gasteiger partial charge in [0.1, 0.15) is 0 Å². The summed E-state index contributed by atoms with van der Waals surface area (Å²) in [4.78, 5) is 13.6. The minimum Gasteiger partial charge on any atom is -0.342 e. The summed E-state index contributed by atoms with van der Waals surface area (Å²) in [6, 6.07) is 0.215. The quantitative estimate of drug-likeness (QED) is 0.744. The van der Waals surface area contributed by atoms with Gasteiger partial charge in [-0.05, 0) is 32.1 Å². The molecule has 1 heterocycles. The zero-order valence-corrected chi connectivity index (χ0v) is 9.33. The second-order valence-corrected chi connectivity index (χ2v) is 4.35. The molecule has 0 aliphatic carbocycles. The van der Waals surface area contributed by atoms with E-state index in [1.165, 1.54) is 6.42 Å². The highest BCUT2D eigenvalue weighted by atomic mass is 16.2. The van der Waals surface area contributed by atoms with Crippen molar-refractivity contribution in [1.29, 1.82) is 0 Å². The van der Waals surface area contributed by atoms with E-state index >= 15 is 0 Å². The lowest BCUT2D eigenvalue weighted by Crippen LogP contribution is -2.44. The van der Waals surface area contributed by atoms with Crippen molar-refractivity contribution in [3.05, 3.63) is 0 Å². The largest absolute Gasteiger partial charge is 0.342 e. The molecule has 0 saturated carbocycles. The highest BCUT2D eigenvalue weighted by Crippen LogP contribution is 2.19. The van der Waals surface area contributed by atoms with Crippen LogP contribution < -0.4 is 5.73 Å². The van der Waals surface area contributed by atoms with E-state index in [9.17, 15) is 4.79 Å². The predicted molar refractivity (Wildman–Crippen MR) is 57.9 cm³/mol. The zero-order valence-electron chi connectivity index (χ0n) is 9.33. The second kappa shape index (κ2) is 5.35. The summed E-state index contributed by atoms with van der Waals surface area (Å²) in [5.74, 6) is 0.808. The highest BCUT2D eigenvalue weighted by molar-refractivity contribution is 5.76. The molecule has 1 rings (SSSR count). The van der Waals surface area contributed by atoms with Gasteiger partial charge in [0.25, 0.3) is 0 Å². The molecule has 1 saturated heterocycles. The van der Waals surface area contributed by atoms with Crippen LogP contribution >= 0.6 is 0 Å². The zero-order chi connectivity index (χ0) is 10.6. The van der Waals surface area contributed by atoms with Crippen molar-refractivity contribution in [3.63, 3.8) is 0 Å². The standard InChI is InChI=1S/C11H22N2O/c1-3-5-11(14)13-7-4-6-10(8-13)9(2)12/h9-10H,3-8,12H2,1-2H3. The summed E-state index contributed by atoms with van der Waals surface area (Å²) < 4.78 is 0. The first-order chi connectivity index (χ1) is 6.65. The Bertz CT molecular complexity index is 192. The Morgan fingerprint density at radius 3 is 2.93 bits per heavy atom. The van der Waals surface area contributed by atoms with E-state index in [2.05, 4.69) is 0 Å². The molecule has 2 atom stereocenters. The van der Waals surface area contributed by atoms with Gasteiger partial charge in [-0.25, -0.2) is 0 Å². The van der Waals surface area contributed by atoms with Gasteiger partial charge in [-0.1, -0.05) is 6.92 Å². The summed E-state index contributed by atoms with van der Waals surface area (Å²) in [5.41, 5.74) is 5.87. The van der Waals surface area contributed by atoms with Gasteiger partial charge in [0.15, 0.2) is 0 Å². The van der Waals surface area contributed by atoms with Gasteiger partial charge >= 0.3 is 0 Å². The molecule has 0 radical (unpaired) electrons. The molecule has 3 nitrogen and oxygen atoms in total. The summed E-state index contributed by atoms with van der Waals surface area (Å²) in [6.07, 6.45) is 3.92. The molecule has 0 bridgehead atoms. The maximum absolute atomic E-state index is 11.7. The number of hydrogen-bond acceptors (Lipinski definition) is 2. The predicted octanol–water partition coefficient (Wildman–Crippen LogP) is 1.37. The van der Waals surface area contributed by atoms with Crippen molar-refractivity contribution in [2.24, 2.45) is 11.7 Å². The number of rotatable bonds is 3. The number of nitrogens with zero attached hydrogens (tertiary/aromatic N) is 1. The molecule has 1 aliphatic heterocycles. The van der Waals surface area contributed by atoms with Gasteiger partial charge in [-0.3, -0.25) is 4.79 Å². The number of amides is 1. The molecule has 0 aromatic carbocycles. The average Bonchev–Trinajstić information content (AvgIpc) is 2.18. The first-order valence-corrected chi connectivity index (χ1v) is 5.68. The topological polar surface area (TPSA) is 46.3 Å². The van der Waals surface area contributed by atoms with E-state index < -0.39 is 0 Å². The molecule has 2 unspecified atom stereocenters. The maximum Gasteiger partial charge on any atom is 0.222 e. The van der Waals surface area contributed by atoms with Crippen LogP contribution in [0.3, 0.4) is 0 Å². The second-order valence-electron chi connectivity index (χ2n) is 4.35. The van der Waals surface area contributed by atoms with Crippen LogP contribution in [-0.4, -0.2) is 29.9 Å². The number of carbonyl (C=O) groups is 1. The van der Waals surface area contributed by atoms with Gasteiger partial charge in [0, 0.05) is 25.6 Å². The summed E-state index contributed by atoms with van der Waals surface area (Å²) >= 11 is 0. The third-order valence-electron chi connectivity index (χ3n) is 3.02. The molecule has 3 heteroatoms. The molecule has 0 aromatic heterocycles. The Labute approximate surface area is 86.6 Å². The van der Waals surface area contributed by atoms with Crippen molar-refractivity contribution < 1.29 is 4.79 Å². The summed E-state index contributed by atoms with van der Waals surface area (Å²) in [5, 5.41) is 0. The van der Waals surface area contributed by atoms with Gasteiger partial charge in [0.05, 0.1) is 0 Å². The fraction of sp³-hybridized carbons (Fsp3) is 0.909. The molecular weight excluding hydrogens is 176 g/mol. The number of likely N-dealkylation sites (tertiary alicyclic amines) is 1. The third-order valence-corrected chi connectivity index (χ3v) is 3.02. The smallest absolute Gasteiger partial charge is 0.222 e. The normalized spacial score (nSPS) is 24.8. The molecule has 0 spiro atoms. The lowest BCUT2D eigenvalue weighted by molar-refractivity contribution is -0.133. The van der Waals surface area contributed by atoms with Crippen LogP contribution in [0, 0.1) is 5.92 Å². The van der Waals surface area contributed by atoms with Crippen LogP contribution in [0.4, 0.5) is 0 Å². The van der Waals surface area contributed by atoms with Crippen molar-refractivity contribution >= 4 is 5.91 Å². The number of carbonyl (C=O) groups excluding carboxylic acids is 1. The monoisotopic (exact) mass is 198 g/mol. The van der Waals surface area contributed by atoms with E-state index in [1.54, 1.807) is 0 Å². The van der Waals surface area contributed by atoms with E-state index in [1.807, 2.05) is 18.7 Å². The van der Waals surface area contributed by atoms with Crippen molar-refractivity contribution in [1.82, 2.24) is 4.90 Å². The minimum atomic E-state index is 0.215. The van der Waals surface area contributed by atoms with Gasteiger partial charge in [-0.15, -0.1) is 0 Å². The van der Waals surface area contributed by atoms with Crippen LogP contribution in [0.25, 0.3) is 0 Å². The SMILES string of the molecule is CCCC(=O)N1CCCC(C(C)N)C1. The first-order valence-electron chi connectivity index (χ1n) is 5.68. The van der Waals surface area contributed by atoms with E-state index in [0.29, 0.717) is 18.2 Å². The Balaban J connectivity index is 2.43. The van der Waals surface area contributed by atoms with E-state index in [0.717, 1.165) is 25.9 Å². The van der Waals surface area contributed by atoms with E-state index in [-0.39, 0.29) is 6.04 Å². The van der Waals surface area contributed by atoms with Crippen LogP contribution in [0.2, 0.25) is 0 Å². The molecule has 2 N–H and O–H groups in total. The maximum atomic E-state index is 11.7. The molecule has 82 valence electrons. The van der Waals surface area contributed by atoms with Gasteiger partial charge in [0.2, 0.25) is 5.91 Å². The van der Waals surface area contributed by atoms with Crippen molar-refractivity contribution in [2.45, 2.75) is 45.6 Å². The summed E-state index contributed by atoms with van der Waals surface area (Å²) in [7, 11) is 0. The lowest BCUT2D eigenvalue weighted by Gasteiger charge is -2.34. The summed E-state index contributed by atoms with van der Waals surface area (Å²) in [6.45, 7) is 5.89. The fourth-order valence-corrected chi connectivity index (χ4v) is 2.04. The van der Waals surface area contributed by atoms with Crippen molar-refractivity contribution in [3.8, 4) is 0 Å².